The van der Waals surface area contributed by atoms with Crippen LogP contribution in [0.5, 0.6) is 11.5 Å². The Labute approximate surface area is 216 Å². The van der Waals surface area contributed by atoms with E-state index in [-0.39, 0.29) is 6.61 Å². The minimum absolute atomic E-state index is 0.178. The maximum atomic E-state index is 13.5. The standard InChI is InChI=1S/C27H32N4O4S/c1-5-7-15-34-21-14-13-20(16-22(21)33-4)24-23(25(32)35-17-19-11-9-8-10-12-19)18(3)28-26-29-27(36-6-2)30-31(24)26/h8-14,16,24H,5-7,15,17H2,1-4H3,(H,28,29,30). The smallest absolute Gasteiger partial charge is 0.338 e. The molecule has 0 fully saturated rings. The highest BCUT2D eigenvalue weighted by Crippen LogP contribution is 2.40. The van der Waals surface area contributed by atoms with Crippen LogP contribution in [0.15, 0.2) is 65.0 Å². The summed E-state index contributed by atoms with van der Waals surface area (Å²) in [5.74, 6) is 2.27. The lowest BCUT2D eigenvalue weighted by molar-refractivity contribution is -0.140. The second kappa shape index (κ2) is 12.0. The zero-order chi connectivity index (χ0) is 25.5. The Bertz CT molecular complexity index is 1230. The maximum absolute atomic E-state index is 13.5. The maximum Gasteiger partial charge on any atom is 0.338 e. The topological polar surface area (TPSA) is 87.5 Å². The number of hydrogen-bond donors (Lipinski definition) is 1. The molecule has 0 spiro atoms. The molecule has 4 rings (SSSR count). The predicted octanol–water partition coefficient (Wildman–Crippen LogP) is 5.61. The van der Waals surface area contributed by atoms with Crippen molar-refractivity contribution in [3.05, 3.63) is 70.9 Å². The van der Waals surface area contributed by atoms with Gasteiger partial charge in [0.1, 0.15) is 12.6 Å². The van der Waals surface area contributed by atoms with Gasteiger partial charge in [0.2, 0.25) is 11.1 Å². The number of nitrogens with zero attached hydrogens (tertiary/aromatic N) is 3. The highest BCUT2D eigenvalue weighted by molar-refractivity contribution is 7.99. The van der Waals surface area contributed by atoms with Crippen molar-refractivity contribution in [3.63, 3.8) is 0 Å². The van der Waals surface area contributed by atoms with Gasteiger partial charge in [0.15, 0.2) is 11.5 Å². The van der Waals surface area contributed by atoms with Gasteiger partial charge in [-0.2, -0.15) is 4.98 Å². The van der Waals surface area contributed by atoms with Gasteiger partial charge in [0.25, 0.3) is 0 Å². The summed E-state index contributed by atoms with van der Waals surface area (Å²) in [5, 5.41) is 8.60. The van der Waals surface area contributed by atoms with Crippen LogP contribution < -0.4 is 14.8 Å². The van der Waals surface area contributed by atoms with Crippen molar-refractivity contribution in [2.24, 2.45) is 0 Å². The van der Waals surface area contributed by atoms with E-state index in [1.807, 2.05) is 62.4 Å². The van der Waals surface area contributed by atoms with Crippen molar-refractivity contribution in [3.8, 4) is 11.5 Å². The highest BCUT2D eigenvalue weighted by Gasteiger charge is 2.35. The first-order chi connectivity index (χ1) is 17.5. The van der Waals surface area contributed by atoms with E-state index >= 15 is 0 Å². The summed E-state index contributed by atoms with van der Waals surface area (Å²) in [4.78, 5) is 18.1. The van der Waals surface area contributed by atoms with Crippen LogP contribution in [0, 0.1) is 0 Å². The zero-order valence-electron chi connectivity index (χ0n) is 21.1. The van der Waals surface area contributed by atoms with Crippen molar-refractivity contribution < 1.29 is 19.0 Å². The van der Waals surface area contributed by atoms with Crippen LogP contribution in [-0.2, 0) is 16.1 Å². The Morgan fingerprint density at radius 1 is 1.14 bits per heavy atom. The van der Waals surface area contributed by atoms with Gasteiger partial charge in [0, 0.05) is 5.70 Å². The quantitative estimate of drug-likeness (QED) is 0.203. The van der Waals surface area contributed by atoms with Crippen LogP contribution in [0.3, 0.4) is 0 Å². The average molecular weight is 509 g/mol. The molecule has 3 aromatic rings. The lowest BCUT2D eigenvalue weighted by Crippen LogP contribution is -2.29. The molecule has 0 amide bonds. The Balaban J connectivity index is 1.71. The molecule has 0 saturated carbocycles. The second-order valence-corrected chi connectivity index (χ2v) is 9.57. The Morgan fingerprint density at radius 3 is 2.67 bits per heavy atom. The molecule has 1 aliphatic heterocycles. The number of methoxy groups -OCH3 is 1. The number of fused-ring (bicyclic) bond motifs is 1. The lowest BCUT2D eigenvalue weighted by Gasteiger charge is -2.28. The summed E-state index contributed by atoms with van der Waals surface area (Å²) in [6.45, 7) is 6.82. The predicted molar refractivity (Wildman–Crippen MR) is 141 cm³/mol. The number of esters is 1. The number of allylic oxidation sites excluding steroid dienone is 1. The SMILES string of the molecule is CCCCOc1ccc(C2C(C(=O)OCc3ccccc3)=C(C)Nc3nc(SCC)nn32)cc1OC. The third-order valence-electron chi connectivity index (χ3n) is 5.80. The summed E-state index contributed by atoms with van der Waals surface area (Å²) in [7, 11) is 1.61. The molecule has 1 unspecified atom stereocenters. The first-order valence-corrected chi connectivity index (χ1v) is 13.1. The largest absolute Gasteiger partial charge is 0.493 e. The Kier molecular flexibility index (Phi) is 8.53. The van der Waals surface area contributed by atoms with Crippen molar-refractivity contribution >= 4 is 23.7 Å². The first-order valence-electron chi connectivity index (χ1n) is 12.1. The van der Waals surface area contributed by atoms with Crippen LogP contribution in [0.25, 0.3) is 0 Å². The van der Waals surface area contributed by atoms with Gasteiger partial charge in [-0.25, -0.2) is 9.48 Å². The lowest BCUT2D eigenvalue weighted by atomic mass is 9.95. The molecular formula is C27H32N4O4S. The van der Waals surface area contributed by atoms with Crippen LogP contribution in [0.1, 0.15) is 50.8 Å². The zero-order valence-corrected chi connectivity index (χ0v) is 21.9. The number of benzene rings is 2. The number of aromatic nitrogens is 3. The number of hydrogen-bond acceptors (Lipinski definition) is 8. The summed E-state index contributed by atoms with van der Waals surface area (Å²) >= 11 is 1.54. The van der Waals surface area contributed by atoms with Crippen LogP contribution in [0.2, 0.25) is 0 Å². The van der Waals surface area contributed by atoms with Gasteiger partial charge in [-0.1, -0.05) is 68.4 Å². The fourth-order valence-electron chi connectivity index (χ4n) is 4.00. The van der Waals surface area contributed by atoms with Crippen molar-refractivity contribution in [2.75, 3.05) is 24.8 Å². The fraction of sp³-hybridized carbons (Fsp3) is 0.370. The molecule has 1 atom stereocenters. The van der Waals surface area contributed by atoms with E-state index in [2.05, 4.69) is 17.2 Å². The monoisotopic (exact) mass is 508 g/mol. The number of carbonyl (C=O) groups is 1. The summed E-state index contributed by atoms with van der Waals surface area (Å²) in [6.07, 6.45) is 2.00. The van der Waals surface area contributed by atoms with Crippen molar-refractivity contribution in [2.45, 2.75) is 51.4 Å². The number of anilines is 1. The van der Waals surface area contributed by atoms with Crippen LogP contribution >= 0.6 is 11.8 Å². The van der Waals surface area contributed by atoms with Crippen molar-refractivity contribution in [1.82, 2.24) is 14.8 Å². The van der Waals surface area contributed by atoms with Gasteiger partial charge >= 0.3 is 5.97 Å². The van der Waals surface area contributed by atoms with Gasteiger partial charge in [-0.3, -0.25) is 0 Å². The number of unbranched alkanes of at least 4 members (excludes halogenated alkanes) is 1. The third-order valence-corrected chi connectivity index (χ3v) is 6.52. The highest BCUT2D eigenvalue weighted by atomic mass is 32.2. The van der Waals surface area contributed by atoms with E-state index in [9.17, 15) is 4.79 Å². The minimum atomic E-state index is -0.540. The van der Waals surface area contributed by atoms with E-state index in [1.165, 1.54) is 0 Å². The minimum Gasteiger partial charge on any atom is -0.493 e. The van der Waals surface area contributed by atoms with Gasteiger partial charge in [-0.05, 0) is 42.4 Å². The average Bonchev–Trinajstić information content (AvgIpc) is 3.29. The van der Waals surface area contributed by atoms with Gasteiger partial charge in [-0.15, -0.1) is 5.10 Å². The van der Waals surface area contributed by atoms with E-state index in [0.29, 0.717) is 40.5 Å². The summed E-state index contributed by atoms with van der Waals surface area (Å²) < 4.78 is 19.1. The number of ether oxygens (including phenoxy) is 3. The van der Waals surface area contributed by atoms with Gasteiger partial charge < -0.3 is 19.5 Å². The molecule has 1 N–H and O–H groups in total. The normalized spacial score (nSPS) is 14.7. The molecule has 0 saturated heterocycles. The second-order valence-electron chi connectivity index (χ2n) is 8.34. The molecule has 1 aliphatic rings. The Hall–Kier alpha value is -3.46. The van der Waals surface area contributed by atoms with E-state index < -0.39 is 12.0 Å². The molecular weight excluding hydrogens is 476 g/mol. The molecule has 36 heavy (non-hydrogen) atoms. The number of nitrogens with one attached hydrogen (secondary N) is 1. The molecule has 0 aliphatic carbocycles. The van der Waals surface area contributed by atoms with E-state index in [0.717, 1.165) is 29.7 Å². The van der Waals surface area contributed by atoms with Crippen LogP contribution in [-0.4, -0.2) is 40.2 Å². The molecule has 0 bridgehead atoms. The van der Waals surface area contributed by atoms with E-state index in [4.69, 9.17) is 19.3 Å². The molecule has 1 aromatic heterocycles. The third kappa shape index (κ3) is 5.67. The molecule has 0 radical (unpaired) electrons. The Morgan fingerprint density at radius 2 is 1.94 bits per heavy atom. The van der Waals surface area contributed by atoms with Crippen molar-refractivity contribution in [1.29, 1.82) is 0 Å². The molecule has 8 nitrogen and oxygen atoms in total. The number of rotatable bonds is 11. The summed E-state index contributed by atoms with van der Waals surface area (Å²) in [6, 6.07) is 14.8. The fourth-order valence-corrected chi connectivity index (χ4v) is 4.55. The molecule has 2 aromatic carbocycles. The summed E-state index contributed by atoms with van der Waals surface area (Å²) in [5.41, 5.74) is 2.88. The van der Waals surface area contributed by atoms with Gasteiger partial charge in [0.05, 0.1) is 19.3 Å². The van der Waals surface area contributed by atoms with E-state index in [1.54, 1.807) is 23.6 Å². The van der Waals surface area contributed by atoms with Crippen LogP contribution in [0.4, 0.5) is 5.95 Å². The number of carbonyl (C=O) groups excluding carboxylic acids is 1. The molecule has 9 heteroatoms. The first kappa shape index (κ1) is 25.6. The molecule has 2 heterocycles. The number of thioether (sulfide) groups is 1. The molecule has 190 valence electrons.